The maximum atomic E-state index is 12.1. The number of aliphatic hydroxyl groups excluding tert-OH is 1. The van der Waals surface area contributed by atoms with Crippen LogP contribution in [0.3, 0.4) is 0 Å². The van der Waals surface area contributed by atoms with Crippen molar-refractivity contribution in [3.05, 3.63) is 0 Å². The average Bonchev–Trinajstić information content (AvgIpc) is 2.62. The number of carbonyl (C=O) groups is 1. The molecule has 24 heavy (non-hydrogen) atoms. The van der Waals surface area contributed by atoms with Gasteiger partial charge in [0.2, 0.25) is 5.91 Å². The van der Waals surface area contributed by atoms with E-state index in [4.69, 9.17) is 24.1 Å². The molecule has 0 aromatic carbocycles. The van der Waals surface area contributed by atoms with Gasteiger partial charge in [0.25, 0.3) is 0 Å². The molecule has 2 rings (SSSR count). The second-order valence-electron chi connectivity index (χ2n) is 6.19. The van der Waals surface area contributed by atoms with Crippen LogP contribution in [0.4, 0.5) is 0 Å². The molecule has 7 heteroatoms. The summed E-state index contributed by atoms with van der Waals surface area (Å²) in [7, 11) is 0. The van der Waals surface area contributed by atoms with E-state index < -0.39 is 0 Å². The highest BCUT2D eigenvalue weighted by Gasteiger charge is 2.18. The van der Waals surface area contributed by atoms with Crippen LogP contribution in [0.2, 0.25) is 0 Å². The van der Waals surface area contributed by atoms with Crippen molar-refractivity contribution in [1.82, 2.24) is 4.90 Å². The first-order valence-corrected chi connectivity index (χ1v) is 9.14. The zero-order valence-electron chi connectivity index (χ0n) is 14.5. The van der Waals surface area contributed by atoms with Gasteiger partial charge in [0.1, 0.15) is 0 Å². The van der Waals surface area contributed by atoms with Gasteiger partial charge in [-0.25, -0.2) is 0 Å². The minimum atomic E-state index is -0.152. The molecule has 0 unspecified atom stereocenters. The third-order valence-corrected chi connectivity index (χ3v) is 4.28. The van der Waals surface area contributed by atoms with Crippen molar-refractivity contribution in [3.63, 3.8) is 0 Å². The third kappa shape index (κ3) is 7.44. The number of hydrogen-bond acceptors (Lipinski definition) is 6. The Morgan fingerprint density at radius 3 is 1.92 bits per heavy atom. The first kappa shape index (κ1) is 19.6. The van der Waals surface area contributed by atoms with E-state index in [1.807, 2.05) is 0 Å². The van der Waals surface area contributed by atoms with Crippen LogP contribution in [-0.2, 0) is 23.7 Å². The van der Waals surface area contributed by atoms with Crippen LogP contribution >= 0.6 is 0 Å². The molecule has 0 aliphatic carbocycles. The smallest absolute Gasteiger partial charge is 0.225 e. The summed E-state index contributed by atoms with van der Waals surface area (Å²) in [6.45, 7) is 3.17. The lowest BCUT2D eigenvalue weighted by molar-refractivity contribution is -0.173. The van der Waals surface area contributed by atoms with Crippen LogP contribution in [0.1, 0.15) is 44.9 Å². The van der Waals surface area contributed by atoms with Gasteiger partial charge in [0.05, 0.1) is 19.8 Å². The molecule has 7 nitrogen and oxygen atoms in total. The quantitative estimate of drug-likeness (QED) is 0.643. The molecule has 0 spiro atoms. The average molecular weight is 345 g/mol. The van der Waals surface area contributed by atoms with Crippen LogP contribution in [0, 0.1) is 0 Å². The molecule has 2 fully saturated rings. The SMILES string of the molecule is O=C(CCO)N(CCO[C@@H]1CCCCO1)CCO[C@H]1CCCCO1. The van der Waals surface area contributed by atoms with Gasteiger partial charge in [-0.3, -0.25) is 4.79 Å². The monoisotopic (exact) mass is 345 g/mol. The topological polar surface area (TPSA) is 77.5 Å². The summed E-state index contributed by atoms with van der Waals surface area (Å²) in [5.74, 6) is -0.0844. The molecule has 1 N–H and O–H groups in total. The zero-order chi connectivity index (χ0) is 17.0. The van der Waals surface area contributed by atoms with E-state index in [2.05, 4.69) is 0 Å². The molecule has 0 aromatic rings. The number of hydrogen-bond donors (Lipinski definition) is 1. The van der Waals surface area contributed by atoms with E-state index in [-0.39, 0.29) is 31.5 Å². The highest BCUT2D eigenvalue weighted by molar-refractivity contribution is 5.76. The van der Waals surface area contributed by atoms with Crippen molar-refractivity contribution >= 4 is 5.91 Å². The molecule has 0 bridgehead atoms. The van der Waals surface area contributed by atoms with Gasteiger partial charge >= 0.3 is 0 Å². The van der Waals surface area contributed by atoms with Gasteiger partial charge in [0.15, 0.2) is 12.6 Å². The van der Waals surface area contributed by atoms with Crippen molar-refractivity contribution in [2.45, 2.75) is 57.5 Å². The lowest BCUT2D eigenvalue weighted by atomic mass is 10.2. The number of amides is 1. The minimum absolute atomic E-state index is 0.0844. The molecule has 2 atom stereocenters. The Morgan fingerprint density at radius 1 is 0.958 bits per heavy atom. The predicted octanol–water partition coefficient (Wildman–Crippen LogP) is 1.28. The summed E-state index contributed by atoms with van der Waals surface area (Å²) >= 11 is 0. The Kier molecular flexibility index (Phi) is 9.60. The lowest BCUT2D eigenvalue weighted by Gasteiger charge is -2.27. The van der Waals surface area contributed by atoms with E-state index in [1.54, 1.807) is 4.90 Å². The Labute approximate surface area is 144 Å². The van der Waals surface area contributed by atoms with E-state index >= 15 is 0 Å². The van der Waals surface area contributed by atoms with Gasteiger partial charge in [0, 0.05) is 32.7 Å². The maximum Gasteiger partial charge on any atom is 0.225 e. The van der Waals surface area contributed by atoms with Crippen molar-refractivity contribution in [2.75, 3.05) is 46.1 Å². The normalized spacial score (nSPS) is 24.7. The molecular weight excluding hydrogens is 314 g/mol. The van der Waals surface area contributed by atoms with Crippen molar-refractivity contribution in [3.8, 4) is 0 Å². The van der Waals surface area contributed by atoms with Crippen molar-refractivity contribution < 1.29 is 28.8 Å². The molecule has 0 aromatic heterocycles. The second kappa shape index (κ2) is 11.8. The summed E-state index contributed by atoms with van der Waals surface area (Å²) in [5.41, 5.74) is 0. The summed E-state index contributed by atoms with van der Waals surface area (Å²) in [6.07, 6.45) is 6.04. The van der Waals surface area contributed by atoms with Gasteiger partial charge in [-0.15, -0.1) is 0 Å². The summed E-state index contributed by atoms with van der Waals surface area (Å²) < 4.78 is 22.4. The summed E-state index contributed by atoms with van der Waals surface area (Å²) in [4.78, 5) is 13.8. The Hall–Kier alpha value is -0.730. The third-order valence-electron chi connectivity index (χ3n) is 4.28. The summed E-state index contributed by atoms with van der Waals surface area (Å²) in [5, 5.41) is 8.99. The first-order valence-electron chi connectivity index (χ1n) is 9.14. The number of carbonyl (C=O) groups excluding carboxylic acids is 1. The molecule has 2 aliphatic rings. The van der Waals surface area contributed by atoms with Gasteiger partial charge in [-0.05, 0) is 38.5 Å². The molecule has 1 amide bonds. The highest BCUT2D eigenvalue weighted by atomic mass is 16.7. The second-order valence-corrected chi connectivity index (χ2v) is 6.19. The molecule has 2 saturated heterocycles. The van der Waals surface area contributed by atoms with Crippen LogP contribution in [0.15, 0.2) is 0 Å². The number of rotatable bonds is 10. The largest absolute Gasteiger partial charge is 0.396 e. The van der Waals surface area contributed by atoms with Gasteiger partial charge in [-0.2, -0.15) is 0 Å². The van der Waals surface area contributed by atoms with Gasteiger partial charge < -0.3 is 29.0 Å². The zero-order valence-corrected chi connectivity index (χ0v) is 14.5. The van der Waals surface area contributed by atoms with Crippen LogP contribution in [0.5, 0.6) is 0 Å². The van der Waals surface area contributed by atoms with Crippen LogP contribution in [0.25, 0.3) is 0 Å². The summed E-state index contributed by atoms with van der Waals surface area (Å²) in [6, 6.07) is 0. The molecule has 140 valence electrons. The molecule has 2 heterocycles. The highest BCUT2D eigenvalue weighted by Crippen LogP contribution is 2.14. The van der Waals surface area contributed by atoms with Crippen LogP contribution in [-0.4, -0.2) is 74.6 Å². The fourth-order valence-electron chi connectivity index (χ4n) is 2.89. The van der Waals surface area contributed by atoms with E-state index in [0.29, 0.717) is 26.3 Å². The molecular formula is C17H31NO6. The minimum Gasteiger partial charge on any atom is -0.396 e. The molecule has 0 radical (unpaired) electrons. The maximum absolute atomic E-state index is 12.1. The number of ether oxygens (including phenoxy) is 4. The first-order chi connectivity index (χ1) is 11.8. The van der Waals surface area contributed by atoms with E-state index in [9.17, 15) is 4.79 Å². The fraction of sp³-hybridized carbons (Fsp3) is 0.941. The Balaban J connectivity index is 1.66. The van der Waals surface area contributed by atoms with Crippen LogP contribution < -0.4 is 0 Å². The molecule has 2 aliphatic heterocycles. The fourth-order valence-corrected chi connectivity index (χ4v) is 2.89. The standard InChI is InChI=1S/C17H31NO6/c19-10-7-15(20)18(8-13-23-16-5-1-3-11-21-16)9-14-24-17-6-2-4-12-22-17/h16-17,19H,1-14H2/t16-,17+. The Morgan fingerprint density at radius 2 is 1.50 bits per heavy atom. The number of aliphatic hydroxyl groups is 1. The lowest BCUT2D eigenvalue weighted by Crippen LogP contribution is -2.39. The predicted molar refractivity (Wildman–Crippen MR) is 87.4 cm³/mol. The van der Waals surface area contributed by atoms with Crippen molar-refractivity contribution in [2.24, 2.45) is 0 Å². The van der Waals surface area contributed by atoms with E-state index in [1.165, 1.54) is 0 Å². The Bertz CT molecular complexity index is 318. The van der Waals surface area contributed by atoms with Gasteiger partial charge in [-0.1, -0.05) is 0 Å². The van der Waals surface area contributed by atoms with E-state index in [0.717, 1.165) is 51.7 Å². The van der Waals surface area contributed by atoms with Crippen molar-refractivity contribution in [1.29, 1.82) is 0 Å². The molecule has 0 saturated carbocycles. The number of nitrogens with zero attached hydrogens (tertiary/aromatic N) is 1.